The van der Waals surface area contributed by atoms with E-state index >= 15 is 0 Å². The topological polar surface area (TPSA) is 35.5 Å². The number of benzene rings is 3. The highest BCUT2D eigenvalue weighted by Crippen LogP contribution is 2.27. The molecule has 0 saturated heterocycles. The standard InChI is InChI=1S/C32H38O3Si/c1-5-6-7-8-9-12-24-34-28-21-17-27(18-22-28)30-13-10-11-14-31(30)32(33)35-29-19-15-26(16-20-29)23-25-36(2,3)4/h10-11,13-22H,5-9,12,24H2,1-4H3. The molecule has 3 aromatic carbocycles. The molecular weight excluding hydrogens is 460 g/mol. The second kappa shape index (κ2) is 13.7. The van der Waals surface area contributed by atoms with Crippen LogP contribution in [0.5, 0.6) is 11.5 Å². The lowest BCUT2D eigenvalue weighted by Crippen LogP contribution is -2.16. The van der Waals surface area contributed by atoms with Gasteiger partial charge in [0.2, 0.25) is 0 Å². The van der Waals surface area contributed by atoms with Crippen LogP contribution in [0.3, 0.4) is 0 Å². The highest BCUT2D eigenvalue weighted by Gasteiger charge is 2.15. The highest BCUT2D eigenvalue weighted by atomic mass is 28.3. The highest BCUT2D eigenvalue weighted by molar-refractivity contribution is 6.83. The van der Waals surface area contributed by atoms with E-state index in [2.05, 4.69) is 38.0 Å². The maximum absolute atomic E-state index is 13.0. The molecule has 0 radical (unpaired) electrons. The molecule has 0 spiro atoms. The van der Waals surface area contributed by atoms with Gasteiger partial charge in [0.15, 0.2) is 0 Å². The van der Waals surface area contributed by atoms with Crippen LogP contribution in [-0.4, -0.2) is 20.7 Å². The Bertz CT molecular complexity index is 1160. The summed E-state index contributed by atoms with van der Waals surface area (Å²) in [6.45, 7) is 9.61. The number of carbonyl (C=O) groups excluding carboxylic acids is 1. The van der Waals surface area contributed by atoms with Crippen molar-refractivity contribution in [2.75, 3.05) is 6.61 Å². The van der Waals surface area contributed by atoms with Gasteiger partial charge in [0.25, 0.3) is 0 Å². The smallest absolute Gasteiger partial charge is 0.344 e. The van der Waals surface area contributed by atoms with Crippen LogP contribution >= 0.6 is 0 Å². The second-order valence-corrected chi connectivity index (χ2v) is 14.9. The second-order valence-electron chi connectivity index (χ2n) is 10.1. The molecule has 0 N–H and O–H groups in total. The summed E-state index contributed by atoms with van der Waals surface area (Å²) in [4.78, 5) is 13.0. The summed E-state index contributed by atoms with van der Waals surface area (Å²) in [5.41, 5.74) is 6.59. The summed E-state index contributed by atoms with van der Waals surface area (Å²) >= 11 is 0. The number of rotatable bonds is 11. The van der Waals surface area contributed by atoms with Gasteiger partial charge in [-0.3, -0.25) is 0 Å². The molecule has 3 nitrogen and oxygen atoms in total. The number of ether oxygens (including phenoxy) is 2. The van der Waals surface area contributed by atoms with Gasteiger partial charge in [0, 0.05) is 5.56 Å². The van der Waals surface area contributed by atoms with Gasteiger partial charge in [-0.1, -0.05) is 94.9 Å². The van der Waals surface area contributed by atoms with Crippen LogP contribution in [0.2, 0.25) is 19.6 Å². The van der Waals surface area contributed by atoms with Crippen LogP contribution in [0.25, 0.3) is 11.1 Å². The van der Waals surface area contributed by atoms with Crippen LogP contribution in [0.15, 0.2) is 72.8 Å². The lowest BCUT2D eigenvalue weighted by atomic mass is 9.99. The molecule has 3 rings (SSSR count). The zero-order valence-corrected chi connectivity index (χ0v) is 23.1. The van der Waals surface area contributed by atoms with Gasteiger partial charge in [0.1, 0.15) is 19.6 Å². The molecule has 4 heteroatoms. The van der Waals surface area contributed by atoms with Crippen molar-refractivity contribution in [1.82, 2.24) is 0 Å². The third-order valence-electron chi connectivity index (χ3n) is 5.73. The normalized spacial score (nSPS) is 10.9. The number of hydrogen-bond acceptors (Lipinski definition) is 3. The van der Waals surface area contributed by atoms with Crippen LogP contribution in [0.1, 0.15) is 61.4 Å². The van der Waals surface area contributed by atoms with Crippen molar-refractivity contribution in [2.45, 2.75) is 65.1 Å². The van der Waals surface area contributed by atoms with E-state index in [0.717, 1.165) is 35.5 Å². The Labute approximate surface area is 217 Å². The quantitative estimate of drug-likeness (QED) is 0.0873. The van der Waals surface area contributed by atoms with Gasteiger partial charge in [0.05, 0.1) is 12.2 Å². The Morgan fingerprint density at radius 3 is 2.11 bits per heavy atom. The van der Waals surface area contributed by atoms with Crippen LogP contribution in [-0.2, 0) is 0 Å². The van der Waals surface area contributed by atoms with E-state index < -0.39 is 8.07 Å². The van der Waals surface area contributed by atoms with E-state index in [4.69, 9.17) is 9.47 Å². The lowest BCUT2D eigenvalue weighted by Gasteiger charge is -2.11. The van der Waals surface area contributed by atoms with Gasteiger partial charge >= 0.3 is 5.97 Å². The molecule has 0 heterocycles. The van der Waals surface area contributed by atoms with E-state index in [-0.39, 0.29) is 5.97 Å². The van der Waals surface area contributed by atoms with Crippen LogP contribution < -0.4 is 9.47 Å². The summed E-state index contributed by atoms with van der Waals surface area (Å²) in [5.74, 6) is 4.20. The van der Waals surface area contributed by atoms with Gasteiger partial charge in [-0.2, -0.15) is 0 Å². The van der Waals surface area contributed by atoms with Crippen LogP contribution in [0.4, 0.5) is 0 Å². The zero-order valence-electron chi connectivity index (χ0n) is 22.1. The van der Waals surface area contributed by atoms with Crippen molar-refractivity contribution >= 4 is 14.0 Å². The molecule has 0 aliphatic heterocycles. The first-order valence-corrected chi connectivity index (χ1v) is 16.5. The first-order chi connectivity index (χ1) is 17.4. The monoisotopic (exact) mass is 498 g/mol. The van der Waals surface area contributed by atoms with Gasteiger partial charge in [-0.15, -0.1) is 5.54 Å². The maximum atomic E-state index is 13.0. The predicted octanol–water partition coefficient (Wildman–Crippen LogP) is 8.54. The van der Waals surface area contributed by atoms with Crippen molar-refractivity contribution in [2.24, 2.45) is 0 Å². The maximum Gasteiger partial charge on any atom is 0.344 e. The van der Waals surface area contributed by atoms with Crippen LogP contribution in [0, 0.1) is 11.5 Å². The summed E-state index contributed by atoms with van der Waals surface area (Å²) in [7, 11) is -1.44. The molecular formula is C32H38O3Si. The molecule has 36 heavy (non-hydrogen) atoms. The minimum absolute atomic E-state index is 0.380. The minimum Gasteiger partial charge on any atom is -0.494 e. The minimum atomic E-state index is -1.44. The van der Waals surface area contributed by atoms with Crippen molar-refractivity contribution in [1.29, 1.82) is 0 Å². The van der Waals surface area contributed by atoms with Gasteiger partial charge in [-0.25, -0.2) is 4.79 Å². The zero-order chi connectivity index (χ0) is 25.8. The van der Waals surface area contributed by atoms with Gasteiger partial charge < -0.3 is 9.47 Å². The third-order valence-corrected chi connectivity index (χ3v) is 6.60. The fourth-order valence-electron chi connectivity index (χ4n) is 3.74. The largest absolute Gasteiger partial charge is 0.494 e. The van der Waals surface area contributed by atoms with Crippen molar-refractivity contribution in [3.05, 3.63) is 83.9 Å². The van der Waals surface area contributed by atoms with Crippen molar-refractivity contribution in [3.63, 3.8) is 0 Å². The summed E-state index contributed by atoms with van der Waals surface area (Å²) in [5, 5.41) is 0. The fraction of sp³-hybridized carbons (Fsp3) is 0.344. The SMILES string of the molecule is CCCCCCCCOc1ccc(-c2ccccc2C(=O)Oc2ccc(C#C[Si](C)(C)C)cc2)cc1. The molecule has 0 unspecified atom stereocenters. The summed E-state index contributed by atoms with van der Waals surface area (Å²) < 4.78 is 11.6. The Hall–Kier alpha value is -3.29. The summed E-state index contributed by atoms with van der Waals surface area (Å²) in [6, 6.07) is 22.8. The molecule has 0 amide bonds. The van der Waals surface area contributed by atoms with E-state index in [1.165, 1.54) is 32.1 Å². The van der Waals surface area contributed by atoms with Crippen molar-refractivity contribution in [3.8, 4) is 34.1 Å². The van der Waals surface area contributed by atoms with E-state index in [0.29, 0.717) is 11.3 Å². The molecule has 0 atom stereocenters. The number of unbranched alkanes of at least 4 members (excludes halogenated alkanes) is 5. The molecule has 0 aliphatic carbocycles. The Kier molecular flexibility index (Phi) is 10.4. The average Bonchev–Trinajstić information content (AvgIpc) is 2.88. The van der Waals surface area contributed by atoms with E-state index in [1.807, 2.05) is 54.6 Å². The number of esters is 1. The number of hydrogen-bond donors (Lipinski definition) is 0. The fourth-order valence-corrected chi connectivity index (χ4v) is 4.26. The Balaban J connectivity index is 1.61. The average molecular weight is 499 g/mol. The molecule has 188 valence electrons. The lowest BCUT2D eigenvalue weighted by molar-refractivity contribution is 0.0735. The molecule has 0 bridgehead atoms. The number of carbonyl (C=O) groups is 1. The molecule has 3 aromatic rings. The first-order valence-electron chi connectivity index (χ1n) is 13.0. The van der Waals surface area contributed by atoms with E-state index in [9.17, 15) is 4.79 Å². The first kappa shape index (κ1) is 27.3. The van der Waals surface area contributed by atoms with Crippen molar-refractivity contribution < 1.29 is 14.3 Å². The molecule has 0 aliphatic rings. The predicted molar refractivity (Wildman–Crippen MR) is 152 cm³/mol. The Morgan fingerprint density at radius 1 is 0.778 bits per heavy atom. The molecule has 0 fully saturated rings. The third kappa shape index (κ3) is 9.05. The summed E-state index contributed by atoms with van der Waals surface area (Å²) in [6.07, 6.45) is 7.46. The molecule has 0 aromatic heterocycles. The van der Waals surface area contributed by atoms with E-state index in [1.54, 1.807) is 18.2 Å². The van der Waals surface area contributed by atoms with Gasteiger partial charge in [-0.05, 0) is 60.0 Å². The Morgan fingerprint density at radius 2 is 1.42 bits per heavy atom. The molecule has 0 saturated carbocycles.